The Morgan fingerprint density at radius 3 is 3.11 bits per heavy atom. The molecule has 0 bridgehead atoms. The predicted molar refractivity (Wildman–Crippen MR) is 75.0 cm³/mol. The zero-order valence-electron chi connectivity index (χ0n) is 11.1. The number of nitrogens with zero attached hydrogens (tertiary/aromatic N) is 2. The average molecular weight is 277 g/mol. The maximum Gasteiger partial charge on any atom is 0.248 e. The van der Waals surface area contributed by atoms with E-state index < -0.39 is 0 Å². The van der Waals surface area contributed by atoms with Gasteiger partial charge in [-0.3, -0.25) is 0 Å². The lowest BCUT2D eigenvalue weighted by molar-refractivity contribution is 0.360. The van der Waals surface area contributed by atoms with Gasteiger partial charge in [-0.05, 0) is 36.6 Å². The Labute approximate surface area is 117 Å². The van der Waals surface area contributed by atoms with Crippen LogP contribution in [0.15, 0.2) is 22.0 Å². The van der Waals surface area contributed by atoms with Crippen molar-refractivity contribution in [3.63, 3.8) is 0 Å². The number of rotatable bonds is 4. The molecule has 3 unspecified atom stereocenters. The van der Waals surface area contributed by atoms with E-state index in [1.807, 2.05) is 17.5 Å². The molecule has 2 N–H and O–H groups in total. The van der Waals surface area contributed by atoms with Gasteiger partial charge in [-0.15, -0.1) is 11.3 Å². The average Bonchev–Trinajstić information content (AvgIpc) is 3.17. The molecule has 0 saturated heterocycles. The highest BCUT2D eigenvalue weighted by Gasteiger charge is 2.29. The normalized spacial score (nSPS) is 24.7. The Morgan fingerprint density at radius 2 is 2.42 bits per heavy atom. The Kier molecular flexibility index (Phi) is 3.66. The second kappa shape index (κ2) is 5.43. The lowest BCUT2D eigenvalue weighted by Crippen LogP contribution is -2.10. The van der Waals surface area contributed by atoms with E-state index in [-0.39, 0.29) is 6.04 Å². The summed E-state index contributed by atoms with van der Waals surface area (Å²) < 4.78 is 5.35. The molecule has 0 amide bonds. The van der Waals surface area contributed by atoms with E-state index >= 15 is 0 Å². The van der Waals surface area contributed by atoms with Gasteiger partial charge in [-0.25, -0.2) is 0 Å². The molecule has 5 heteroatoms. The van der Waals surface area contributed by atoms with Crippen molar-refractivity contribution in [1.29, 1.82) is 0 Å². The van der Waals surface area contributed by atoms with Crippen molar-refractivity contribution in [3.05, 3.63) is 34.1 Å². The van der Waals surface area contributed by atoms with Crippen LogP contribution in [-0.2, 0) is 0 Å². The van der Waals surface area contributed by atoms with Gasteiger partial charge < -0.3 is 10.3 Å². The van der Waals surface area contributed by atoms with Gasteiger partial charge >= 0.3 is 0 Å². The van der Waals surface area contributed by atoms with Crippen molar-refractivity contribution in [1.82, 2.24) is 10.1 Å². The van der Waals surface area contributed by atoms with Gasteiger partial charge in [-0.2, -0.15) is 4.98 Å². The summed E-state index contributed by atoms with van der Waals surface area (Å²) >= 11 is 1.62. The Balaban J connectivity index is 1.73. The van der Waals surface area contributed by atoms with Crippen LogP contribution >= 0.6 is 11.3 Å². The number of aromatic nitrogens is 2. The zero-order valence-corrected chi connectivity index (χ0v) is 11.9. The van der Waals surface area contributed by atoms with E-state index in [4.69, 9.17) is 10.3 Å². The molecule has 1 saturated carbocycles. The molecule has 3 rings (SSSR count). The molecule has 2 aromatic rings. The Hall–Kier alpha value is -1.20. The minimum Gasteiger partial charge on any atom is -0.337 e. The maximum absolute atomic E-state index is 6.14. The summed E-state index contributed by atoms with van der Waals surface area (Å²) in [4.78, 5) is 5.58. The molecule has 4 nitrogen and oxygen atoms in total. The van der Waals surface area contributed by atoms with Crippen molar-refractivity contribution >= 4 is 11.3 Å². The first-order valence-electron chi connectivity index (χ1n) is 6.90. The second-order valence-corrected chi connectivity index (χ2v) is 6.25. The van der Waals surface area contributed by atoms with E-state index in [1.54, 1.807) is 11.3 Å². The first kappa shape index (κ1) is 12.8. The van der Waals surface area contributed by atoms with E-state index in [2.05, 4.69) is 17.1 Å². The van der Waals surface area contributed by atoms with E-state index in [0.717, 1.165) is 16.6 Å². The third-order valence-electron chi connectivity index (χ3n) is 4.06. The van der Waals surface area contributed by atoms with Gasteiger partial charge in [0.2, 0.25) is 5.89 Å². The monoisotopic (exact) mass is 277 g/mol. The van der Waals surface area contributed by atoms with Crippen molar-refractivity contribution < 1.29 is 4.52 Å². The van der Waals surface area contributed by atoms with Crippen molar-refractivity contribution in [2.75, 3.05) is 0 Å². The fourth-order valence-electron chi connectivity index (χ4n) is 2.81. The van der Waals surface area contributed by atoms with Crippen LogP contribution in [0.2, 0.25) is 0 Å². The molecule has 2 heterocycles. The lowest BCUT2D eigenvalue weighted by Gasteiger charge is -2.05. The number of hydrogen-bond acceptors (Lipinski definition) is 5. The van der Waals surface area contributed by atoms with Crippen LogP contribution in [0.25, 0.3) is 0 Å². The Bertz CT molecular complexity index is 523. The molecular weight excluding hydrogens is 258 g/mol. The third kappa shape index (κ3) is 2.58. The highest BCUT2D eigenvalue weighted by molar-refractivity contribution is 7.10. The zero-order chi connectivity index (χ0) is 13.2. The fraction of sp³-hybridized carbons (Fsp3) is 0.571. The smallest absolute Gasteiger partial charge is 0.248 e. The Morgan fingerprint density at radius 1 is 1.53 bits per heavy atom. The highest BCUT2D eigenvalue weighted by atomic mass is 32.1. The van der Waals surface area contributed by atoms with Crippen LogP contribution in [0.5, 0.6) is 0 Å². The van der Waals surface area contributed by atoms with Crippen LogP contribution in [0, 0.1) is 5.92 Å². The lowest BCUT2D eigenvalue weighted by atomic mass is 10.0. The fourth-order valence-corrected chi connectivity index (χ4v) is 3.53. The maximum atomic E-state index is 6.14. The minimum absolute atomic E-state index is 0.287. The topological polar surface area (TPSA) is 64.9 Å². The number of hydrogen-bond donors (Lipinski definition) is 1. The summed E-state index contributed by atoms with van der Waals surface area (Å²) in [6, 6.07) is 3.70. The number of thiophene rings is 1. The first-order valence-corrected chi connectivity index (χ1v) is 7.78. The number of nitrogens with two attached hydrogens (primary N) is 1. The van der Waals surface area contributed by atoms with Gasteiger partial charge in [0, 0.05) is 10.8 Å². The van der Waals surface area contributed by atoms with Crippen LogP contribution in [0.3, 0.4) is 0 Å². The van der Waals surface area contributed by atoms with E-state index in [9.17, 15) is 0 Å². The standard InChI is InChI=1S/C14H19N3OS/c1-2-9-5-6-10(8-9)13-16-14(18-17-13)12(15)11-4-3-7-19-11/h3-4,7,9-10,12H,2,5-6,8,15H2,1H3. The summed E-state index contributed by atoms with van der Waals surface area (Å²) in [5, 5.41) is 6.15. The second-order valence-electron chi connectivity index (χ2n) is 5.27. The summed E-state index contributed by atoms with van der Waals surface area (Å²) in [6.07, 6.45) is 4.88. The van der Waals surface area contributed by atoms with Crippen LogP contribution in [-0.4, -0.2) is 10.1 Å². The van der Waals surface area contributed by atoms with Crippen LogP contribution in [0.1, 0.15) is 61.2 Å². The van der Waals surface area contributed by atoms with E-state index in [1.165, 1.54) is 25.7 Å². The van der Waals surface area contributed by atoms with Gasteiger partial charge in [-0.1, -0.05) is 24.6 Å². The molecule has 2 aromatic heterocycles. The third-order valence-corrected chi connectivity index (χ3v) is 5.01. The molecule has 0 aromatic carbocycles. The SMILES string of the molecule is CCC1CCC(c2noc(C(N)c3cccs3)n2)C1. The first-order chi connectivity index (χ1) is 9.28. The summed E-state index contributed by atoms with van der Waals surface area (Å²) in [5.41, 5.74) is 6.14. The minimum atomic E-state index is -0.287. The molecular formula is C14H19N3OS. The molecule has 1 aliphatic rings. The van der Waals surface area contributed by atoms with Gasteiger partial charge in [0.05, 0.1) is 0 Å². The summed E-state index contributed by atoms with van der Waals surface area (Å²) in [6.45, 7) is 2.25. The molecule has 1 fully saturated rings. The molecule has 0 radical (unpaired) electrons. The van der Waals surface area contributed by atoms with Crippen LogP contribution in [0.4, 0.5) is 0 Å². The summed E-state index contributed by atoms with van der Waals surface area (Å²) in [7, 11) is 0. The molecule has 102 valence electrons. The quantitative estimate of drug-likeness (QED) is 0.929. The largest absolute Gasteiger partial charge is 0.337 e. The van der Waals surface area contributed by atoms with Gasteiger partial charge in [0.25, 0.3) is 0 Å². The van der Waals surface area contributed by atoms with Crippen molar-refractivity contribution in [2.24, 2.45) is 11.7 Å². The molecule has 0 aliphatic heterocycles. The summed E-state index contributed by atoms with van der Waals surface area (Å²) in [5.74, 6) is 2.66. The molecule has 1 aliphatic carbocycles. The molecule has 3 atom stereocenters. The molecule has 0 spiro atoms. The van der Waals surface area contributed by atoms with Crippen molar-refractivity contribution in [2.45, 2.75) is 44.6 Å². The van der Waals surface area contributed by atoms with Crippen molar-refractivity contribution in [3.8, 4) is 0 Å². The van der Waals surface area contributed by atoms with Crippen LogP contribution < -0.4 is 5.73 Å². The van der Waals surface area contributed by atoms with Gasteiger partial charge in [0.1, 0.15) is 6.04 Å². The highest BCUT2D eigenvalue weighted by Crippen LogP contribution is 2.38. The molecule has 19 heavy (non-hydrogen) atoms. The van der Waals surface area contributed by atoms with Gasteiger partial charge in [0.15, 0.2) is 5.82 Å². The predicted octanol–water partition coefficient (Wildman–Crippen LogP) is 3.47. The van der Waals surface area contributed by atoms with E-state index in [0.29, 0.717) is 11.8 Å².